The lowest BCUT2D eigenvalue weighted by atomic mass is 9.71. The van der Waals surface area contributed by atoms with Crippen molar-refractivity contribution in [2.45, 2.75) is 25.7 Å². The molecular weight excluding hydrogens is 368 g/mol. The molecule has 3 heterocycles. The Morgan fingerprint density at radius 1 is 1.28 bits per heavy atom. The summed E-state index contributed by atoms with van der Waals surface area (Å²) in [6.07, 6.45) is 6.64. The smallest absolute Gasteiger partial charge is 0.216 e. The van der Waals surface area contributed by atoms with E-state index in [0.29, 0.717) is 5.41 Å². The van der Waals surface area contributed by atoms with Crippen LogP contribution in [0.4, 0.5) is 11.4 Å². The van der Waals surface area contributed by atoms with Crippen LogP contribution < -0.4 is 20.3 Å². The van der Waals surface area contributed by atoms with E-state index < -0.39 is 0 Å². The van der Waals surface area contributed by atoms with Gasteiger partial charge in [-0.15, -0.1) is 10.2 Å². The minimum absolute atomic E-state index is 0.246. The third-order valence-electron chi connectivity index (χ3n) is 6.12. The first-order valence-corrected chi connectivity index (χ1v) is 9.97. The molecule has 0 radical (unpaired) electrons. The summed E-state index contributed by atoms with van der Waals surface area (Å²) in [6.45, 7) is 4.45. The predicted molar refractivity (Wildman–Crippen MR) is 110 cm³/mol. The molecule has 0 amide bonds. The van der Waals surface area contributed by atoms with Gasteiger partial charge in [0.25, 0.3) is 0 Å². The number of hydrogen-bond acceptors (Lipinski definition) is 8. The highest BCUT2D eigenvalue weighted by Crippen LogP contribution is 2.41. The van der Waals surface area contributed by atoms with Crippen LogP contribution in [0.15, 0.2) is 24.4 Å². The number of nitrogens with one attached hydrogen (secondary N) is 3. The summed E-state index contributed by atoms with van der Waals surface area (Å²) in [5.74, 6) is 0.974. The summed E-state index contributed by atoms with van der Waals surface area (Å²) >= 11 is 0. The number of benzene rings is 1. The number of nitriles is 1. The van der Waals surface area contributed by atoms with Gasteiger partial charge >= 0.3 is 0 Å². The second kappa shape index (κ2) is 8.49. The summed E-state index contributed by atoms with van der Waals surface area (Å²) in [7, 11) is 1.65. The molecule has 0 unspecified atom stereocenters. The van der Waals surface area contributed by atoms with Gasteiger partial charge in [-0.05, 0) is 61.5 Å². The largest absolute Gasteiger partial charge is 0.494 e. The normalized spacial score (nSPS) is 19.0. The van der Waals surface area contributed by atoms with Crippen molar-refractivity contribution in [2.24, 2.45) is 5.41 Å². The lowest BCUT2D eigenvalue weighted by Crippen LogP contribution is -2.45. The number of anilines is 2. The van der Waals surface area contributed by atoms with Crippen molar-refractivity contribution in [1.82, 2.24) is 25.9 Å². The van der Waals surface area contributed by atoms with Crippen LogP contribution in [-0.2, 0) is 0 Å². The van der Waals surface area contributed by atoms with Crippen molar-refractivity contribution in [2.75, 3.05) is 43.5 Å². The molecule has 0 aliphatic carbocycles. The van der Waals surface area contributed by atoms with E-state index in [2.05, 4.69) is 54.4 Å². The van der Waals surface area contributed by atoms with E-state index in [9.17, 15) is 5.26 Å². The third kappa shape index (κ3) is 4.17. The monoisotopic (exact) mass is 394 g/mol. The van der Waals surface area contributed by atoms with Gasteiger partial charge in [0.15, 0.2) is 0 Å². The topological polar surface area (TPSA) is 115 Å². The van der Waals surface area contributed by atoms with Crippen LogP contribution in [0, 0.1) is 16.7 Å². The molecule has 9 heteroatoms. The van der Waals surface area contributed by atoms with Gasteiger partial charge in [0.05, 0.1) is 12.8 Å². The van der Waals surface area contributed by atoms with Gasteiger partial charge in [-0.3, -0.25) is 0 Å². The van der Waals surface area contributed by atoms with Gasteiger partial charge in [0, 0.05) is 31.0 Å². The van der Waals surface area contributed by atoms with E-state index in [1.807, 2.05) is 6.07 Å². The van der Waals surface area contributed by atoms with E-state index >= 15 is 0 Å². The summed E-state index contributed by atoms with van der Waals surface area (Å²) in [5, 5.41) is 29.4. The van der Waals surface area contributed by atoms with E-state index in [1.54, 1.807) is 13.3 Å². The number of hydrogen-bond donors (Lipinski definition) is 3. The first-order valence-electron chi connectivity index (χ1n) is 9.97. The number of nitrogens with zero attached hydrogens (tertiary/aromatic N) is 5. The van der Waals surface area contributed by atoms with Gasteiger partial charge in [-0.2, -0.15) is 10.5 Å². The molecule has 4 rings (SSSR count). The number of tetrazole rings is 1. The van der Waals surface area contributed by atoms with Crippen molar-refractivity contribution in [3.63, 3.8) is 0 Å². The minimum atomic E-state index is 0.246. The third-order valence-corrected chi connectivity index (χ3v) is 6.12. The Hall–Kier alpha value is -3.12. The van der Waals surface area contributed by atoms with Crippen LogP contribution in [0.2, 0.25) is 0 Å². The number of methoxy groups -OCH3 is 1. The molecule has 2 aliphatic heterocycles. The number of piperidine rings is 2. The Kier molecular flexibility index (Phi) is 5.62. The number of ether oxygens (including phenoxy) is 1. The van der Waals surface area contributed by atoms with E-state index in [0.717, 1.165) is 37.6 Å². The first kappa shape index (κ1) is 19.2. The molecule has 0 bridgehead atoms. The van der Waals surface area contributed by atoms with E-state index in [-0.39, 0.29) is 11.4 Å². The summed E-state index contributed by atoms with van der Waals surface area (Å²) in [5.41, 5.74) is 2.76. The summed E-state index contributed by atoms with van der Waals surface area (Å²) in [4.78, 5) is 2.44. The molecule has 0 saturated carbocycles. The number of aromatic amines is 1. The second-order valence-electron chi connectivity index (χ2n) is 7.67. The van der Waals surface area contributed by atoms with E-state index in [4.69, 9.17) is 4.74 Å². The van der Waals surface area contributed by atoms with Gasteiger partial charge < -0.3 is 20.3 Å². The molecule has 2 aromatic rings. The molecule has 2 fully saturated rings. The number of H-pyrrole nitrogens is 1. The molecule has 1 spiro atoms. The Labute approximate surface area is 170 Å². The van der Waals surface area contributed by atoms with Gasteiger partial charge in [-0.25, -0.2) is 0 Å². The molecule has 1 aromatic heterocycles. The second-order valence-corrected chi connectivity index (χ2v) is 7.67. The van der Waals surface area contributed by atoms with Crippen molar-refractivity contribution < 1.29 is 4.74 Å². The van der Waals surface area contributed by atoms with Crippen LogP contribution >= 0.6 is 0 Å². The quantitative estimate of drug-likeness (QED) is 0.661. The van der Waals surface area contributed by atoms with Crippen LogP contribution in [0.1, 0.15) is 31.5 Å². The van der Waals surface area contributed by atoms with Crippen molar-refractivity contribution >= 4 is 16.9 Å². The highest BCUT2D eigenvalue weighted by atomic mass is 16.5. The maximum Gasteiger partial charge on any atom is 0.216 e. The van der Waals surface area contributed by atoms with E-state index in [1.165, 1.54) is 31.4 Å². The fraction of sp³-hybridized carbons (Fsp3) is 0.500. The number of rotatable bonds is 5. The molecule has 29 heavy (non-hydrogen) atoms. The molecule has 2 saturated heterocycles. The molecular formula is C20H26N8O. The average molecular weight is 394 g/mol. The molecule has 3 N–H and O–H groups in total. The van der Waals surface area contributed by atoms with Gasteiger partial charge in [-0.1, -0.05) is 0 Å². The Morgan fingerprint density at radius 2 is 2.07 bits per heavy atom. The van der Waals surface area contributed by atoms with Crippen LogP contribution in [0.3, 0.4) is 0 Å². The zero-order valence-electron chi connectivity index (χ0n) is 16.6. The van der Waals surface area contributed by atoms with Gasteiger partial charge in [0.2, 0.25) is 5.82 Å². The summed E-state index contributed by atoms with van der Waals surface area (Å²) < 4.78 is 5.58. The Morgan fingerprint density at radius 3 is 2.72 bits per heavy atom. The molecule has 2 aliphatic rings. The molecule has 0 atom stereocenters. The fourth-order valence-corrected chi connectivity index (χ4v) is 4.26. The van der Waals surface area contributed by atoms with Crippen molar-refractivity contribution in [3.05, 3.63) is 30.2 Å². The summed E-state index contributed by atoms with van der Waals surface area (Å²) in [6, 6.07) is 8.19. The maximum atomic E-state index is 9.30. The standard InChI is InChI=1S/C20H26N8O/c1-29-18-12-16(28-10-6-20(7-11-28)4-8-22-9-5-20)2-3-17(18)23-14-15(13-21)19-24-26-27-25-19/h2-3,12,14,22-23H,4-11H2,1H3,(H,24,25,26,27). The SMILES string of the molecule is COc1cc(N2CCC3(CCNCC3)CC2)ccc1NC=C(C#N)c1nn[nH]n1. The molecule has 1 aromatic carbocycles. The highest BCUT2D eigenvalue weighted by molar-refractivity contribution is 5.75. The van der Waals surface area contributed by atoms with Crippen LogP contribution in [-0.4, -0.2) is 53.9 Å². The lowest BCUT2D eigenvalue weighted by molar-refractivity contribution is 0.155. The Balaban J connectivity index is 1.45. The highest BCUT2D eigenvalue weighted by Gasteiger charge is 2.35. The average Bonchev–Trinajstić information content (AvgIpc) is 3.30. The number of allylic oxidation sites excluding steroid dienone is 1. The molecule has 9 nitrogen and oxygen atoms in total. The van der Waals surface area contributed by atoms with Crippen LogP contribution in [0.5, 0.6) is 5.75 Å². The predicted octanol–water partition coefficient (Wildman–Crippen LogP) is 2.15. The fourth-order valence-electron chi connectivity index (χ4n) is 4.26. The minimum Gasteiger partial charge on any atom is -0.494 e. The first-order chi connectivity index (χ1) is 14.2. The zero-order valence-corrected chi connectivity index (χ0v) is 16.6. The number of aromatic nitrogens is 4. The van der Waals surface area contributed by atoms with Crippen molar-refractivity contribution in [3.8, 4) is 11.8 Å². The molecule has 152 valence electrons. The lowest BCUT2D eigenvalue weighted by Gasteiger charge is -2.45. The van der Waals surface area contributed by atoms with Gasteiger partial charge in [0.1, 0.15) is 17.4 Å². The Bertz CT molecular complexity index is 886. The zero-order chi connectivity index (χ0) is 20.1. The maximum absolute atomic E-state index is 9.30. The van der Waals surface area contributed by atoms with Crippen LogP contribution in [0.25, 0.3) is 5.57 Å². The van der Waals surface area contributed by atoms with Crippen molar-refractivity contribution in [1.29, 1.82) is 5.26 Å².